The van der Waals surface area contributed by atoms with Crippen LogP contribution in [-0.4, -0.2) is 24.9 Å². The number of amides is 2. The third kappa shape index (κ3) is 5.60. The number of benzene rings is 1. The molecule has 0 aliphatic heterocycles. The molecule has 2 amide bonds. The molecule has 0 saturated carbocycles. The van der Waals surface area contributed by atoms with Crippen molar-refractivity contribution in [2.75, 3.05) is 18.4 Å². The minimum Gasteiger partial charge on any atom is -0.459 e. The van der Waals surface area contributed by atoms with E-state index in [2.05, 4.69) is 16.0 Å². The van der Waals surface area contributed by atoms with Gasteiger partial charge in [-0.3, -0.25) is 9.59 Å². The van der Waals surface area contributed by atoms with Crippen molar-refractivity contribution in [3.63, 3.8) is 0 Å². The first-order chi connectivity index (χ1) is 11.2. The van der Waals surface area contributed by atoms with Gasteiger partial charge in [-0.25, -0.2) is 0 Å². The number of anilines is 1. The highest BCUT2D eigenvalue weighted by atomic mass is 16.3. The van der Waals surface area contributed by atoms with E-state index in [9.17, 15) is 9.59 Å². The molecule has 3 N–H and O–H groups in total. The van der Waals surface area contributed by atoms with Gasteiger partial charge in [0.25, 0.3) is 5.91 Å². The van der Waals surface area contributed by atoms with Crippen LogP contribution in [0.1, 0.15) is 29.5 Å². The molecule has 1 aromatic heterocycles. The molecule has 6 heteroatoms. The maximum absolute atomic E-state index is 11.9. The number of carbonyl (C=O) groups excluding carboxylic acids is 2. The zero-order valence-corrected chi connectivity index (χ0v) is 13.1. The Hall–Kier alpha value is -2.60. The molecule has 2 aromatic rings. The van der Waals surface area contributed by atoms with Gasteiger partial charge in [0.1, 0.15) is 0 Å². The fourth-order valence-electron chi connectivity index (χ4n) is 2.04. The smallest absolute Gasteiger partial charge is 0.286 e. The second-order valence-corrected chi connectivity index (χ2v) is 5.01. The van der Waals surface area contributed by atoms with Gasteiger partial charge in [-0.1, -0.05) is 19.1 Å². The molecular formula is C17H21N3O3. The van der Waals surface area contributed by atoms with E-state index in [-0.39, 0.29) is 30.5 Å². The molecule has 6 nitrogen and oxygen atoms in total. The molecule has 23 heavy (non-hydrogen) atoms. The second kappa shape index (κ2) is 8.75. The first kappa shape index (κ1) is 16.8. The molecular weight excluding hydrogens is 294 g/mol. The van der Waals surface area contributed by atoms with E-state index in [1.54, 1.807) is 12.1 Å². The quantitative estimate of drug-likeness (QED) is 0.697. The van der Waals surface area contributed by atoms with Crippen LogP contribution in [0.4, 0.5) is 5.69 Å². The summed E-state index contributed by atoms with van der Waals surface area (Å²) in [5, 5.41) is 8.70. The van der Waals surface area contributed by atoms with Crippen molar-refractivity contribution in [2.24, 2.45) is 0 Å². The van der Waals surface area contributed by atoms with Crippen molar-refractivity contribution in [1.82, 2.24) is 10.6 Å². The Labute approximate surface area is 135 Å². The number of carbonyl (C=O) groups is 2. The Balaban J connectivity index is 1.75. The van der Waals surface area contributed by atoms with E-state index < -0.39 is 0 Å². The number of furan rings is 1. The number of rotatable bonds is 8. The standard InChI is InChI=1S/C17H21N3O3/c1-2-18-12-13-5-3-6-14(11-13)20-16(21)8-9-19-17(22)15-7-4-10-23-15/h3-7,10-11,18H,2,8-9,12H2,1H3,(H,19,22)(H,20,21). The molecule has 0 atom stereocenters. The third-order valence-corrected chi connectivity index (χ3v) is 3.17. The van der Waals surface area contributed by atoms with Gasteiger partial charge in [0.15, 0.2) is 5.76 Å². The summed E-state index contributed by atoms with van der Waals surface area (Å²) in [6.07, 6.45) is 1.63. The molecule has 0 saturated heterocycles. The zero-order chi connectivity index (χ0) is 16.5. The normalized spacial score (nSPS) is 10.3. The van der Waals surface area contributed by atoms with Crippen molar-refractivity contribution in [3.05, 3.63) is 54.0 Å². The average Bonchev–Trinajstić information content (AvgIpc) is 3.07. The van der Waals surface area contributed by atoms with Gasteiger partial charge in [0.05, 0.1) is 6.26 Å². The van der Waals surface area contributed by atoms with E-state index in [1.807, 2.05) is 31.2 Å². The molecule has 0 spiro atoms. The van der Waals surface area contributed by atoms with Crippen molar-refractivity contribution in [1.29, 1.82) is 0 Å². The molecule has 0 unspecified atom stereocenters. The van der Waals surface area contributed by atoms with E-state index in [1.165, 1.54) is 6.26 Å². The van der Waals surface area contributed by atoms with Crippen LogP contribution >= 0.6 is 0 Å². The topological polar surface area (TPSA) is 83.4 Å². The molecule has 0 bridgehead atoms. The van der Waals surface area contributed by atoms with Crippen LogP contribution in [-0.2, 0) is 11.3 Å². The van der Waals surface area contributed by atoms with Gasteiger partial charge in [-0.2, -0.15) is 0 Å². The lowest BCUT2D eigenvalue weighted by atomic mass is 10.2. The Morgan fingerprint density at radius 3 is 2.78 bits per heavy atom. The summed E-state index contributed by atoms with van der Waals surface area (Å²) in [4.78, 5) is 23.6. The average molecular weight is 315 g/mol. The molecule has 0 aliphatic carbocycles. The molecule has 0 aliphatic rings. The number of nitrogens with one attached hydrogen (secondary N) is 3. The maximum atomic E-state index is 11.9. The van der Waals surface area contributed by atoms with Crippen LogP contribution < -0.4 is 16.0 Å². The highest BCUT2D eigenvalue weighted by Crippen LogP contribution is 2.10. The van der Waals surface area contributed by atoms with Crippen molar-refractivity contribution < 1.29 is 14.0 Å². The Kier molecular flexibility index (Phi) is 6.38. The van der Waals surface area contributed by atoms with Crippen molar-refractivity contribution in [2.45, 2.75) is 19.9 Å². The van der Waals surface area contributed by atoms with Crippen LogP contribution in [0.25, 0.3) is 0 Å². The lowest BCUT2D eigenvalue weighted by Gasteiger charge is -2.08. The summed E-state index contributed by atoms with van der Waals surface area (Å²) in [7, 11) is 0. The van der Waals surface area contributed by atoms with Crippen LogP contribution in [0.15, 0.2) is 47.1 Å². The lowest BCUT2D eigenvalue weighted by Crippen LogP contribution is -2.27. The van der Waals surface area contributed by atoms with Gasteiger partial charge in [-0.05, 0) is 36.4 Å². The van der Waals surface area contributed by atoms with Gasteiger partial charge in [-0.15, -0.1) is 0 Å². The molecule has 122 valence electrons. The first-order valence-electron chi connectivity index (χ1n) is 7.60. The lowest BCUT2D eigenvalue weighted by molar-refractivity contribution is -0.116. The van der Waals surface area contributed by atoms with E-state index in [4.69, 9.17) is 4.42 Å². The predicted molar refractivity (Wildman–Crippen MR) is 88.1 cm³/mol. The Morgan fingerprint density at radius 2 is 2.04 bits per heavy atom. The summed E-state index contributed by atoms with van der Waals surface area (Å²) in [6, 6.07) is 10.9. The molecule has 0 fully saturated rings. The number of hydrogen-bond acceptors (Lipinski definition) is 4. The Morgan fingerprint density at radius 1 is 1.17 bits per heavy atom. The monoisotopic (exact) mass is 315 g/mol. The minimum absolute atomic E-state index is 0.148. The zero-order valence-electron chi connectivity index (χ0n) is 13.1. The SMILES string of the molecule is CCNCc1cccc(NC(=O)CCNC(=O)c2ccco2)c1. The molecule has 1 aromatic carbocycles. The van der Waals surface area contributed by atoms with Gasteiger partial charge < -0.3 is 20.4 Å². The Bertz CT molecular complexity index is 638. The van der Waals surface area contributed by atoms with Gasteiger partial charge >= 0.3 is 0 Å². The molecule has 0 radical (unpaired) electrons. The van der Waals surface area contributed by atoms with Crippen LogP contribution in [0.3, 0.4) is 0 Å². The van der Waals surface area contributed by atoms with Crippen LogP contribution in [0.2, 0.25) is 0 Å². The summed E-state index contributed by atoms with van der Waals surface area (Å²) >= 11 is 0. The summed E-state index contributed by atoms with van der Waals surface area (Å²) in [5.41, 5.74) is 1.86. The predicted octanol–water partition coefficient (Wildman–Crippen LogP) is 2.15. The minimum atomic E-state index is -0.324. The van der Waals surface area contributed by atoms with E-state index >= 15 is 0 Å². The summed E-state index contributed by atoms with van der Waals surface area (Å²) < 4.78 is 4.98. The summed E-state index contributed by atoms with van der Waals surface area (Å²) in [5.74, 6) is -0.234. The fraction of sp³-hybridized carbons (Fsp3) is 0.294. The van der Waals surface area contributed by atoms with Gasteiger partial charge in [0, 0.05) is 25.2 Å². The van der Waals surface area contributed by atoms with Gasteiger partial charge in [0.2, 0.25) is 5.91 Å². The highest BCUT2D eigenvalue weighted by molar-refractivity contribution is 5.93. The largest absolute Gasteiger partial charge is 0.459 e. The third-order valence-electron chi connectivity index (χ3n) is 3.17. The maximum Gasteiger partial charge on any atom is 0.286 e. The van der Waals surface area contributed by atoms with E-state index in [0.29, 0.717) is 0 Å². The number of hydrogen-bond donors (Lipinski definition) is 3. The second-order valence-electron chi connectivity index (χ2n) is 5.01. The van der Waals surface area contributed by atoms with Crippen LogP contribution in [0, 0.1) is 0 Å². The van der Waals surface area contributed by atoms with E-state index in [0.717, 1.165) is 24.3 Å². The van der Waals surface area contributed by atoms with Crippen molar-refractivity contribution >= 4 is 17.5 Å². The highest BCUT2D eigenvalue weighted by Gasteiger charge is 2.09. The first-order valence-corrected chi connectivity index (χ1v) is 7.60. The fourth-order valence-corrected chi connectivity index (χ4v) is 2.04. The van der Waals surface area contributed by atoms with Crippen LogP contribution in [0.5, 0.6) is 0 Å². The van der Waals surface area contributed by atoms with Crippen molar-refractivity contribution in [3.8, 4) is 0 Å². The molecule has 1 heterocycles. The summed E-state index contributed by atoms with van der Waals surface area (Å²) in [6.45, 7) is 3.95. The molecule has 2 rings (SSSR count).